The van der Waals surface area contributed by atoms with Gasteiger partial charge in [0.2, 0.25) is 0 Å². The first-order valence-electron chi connectivity index (χ1n) is 11.6. The average molecular weight is 487 g/mol. The number of benzene rings is 2. The van der Waals surface area contributed by atoms with Crippen molar-refractivity contribution in [3.05, 3.63) is 81.7 Å². The molecule has 184 valence electrons. The van der Waals surface area contributed by atoms with Crippen LogP contribution in [0.4, 0.5) is 10.1 Å². The smallest absolute Gasteiger partial charge is 0.279 e. The summed E-state index contributed by atoms with van der Waals surface area (Å²) in [6.07, 6.45) is 2.69. The number of rotatable bonds is 8. The quantitative estimate of drug-likeness (QED) is 0.259. The first-order valence-corrected chi connectivity index (χ1v) is 14.5. The summed E-state index contributed by atoms with van der Waals surface area (Å²) in [6, 6.07) is 14.1. The molecule has 0 unspecified atom stereocenters. The first-order chi connectivity index (χ1) is 16.0. The van der Waals surface area contributed by atoms with Gasteiger partial charge in [-0.1, -0.05) is 63.2 Å². The van der Waals surface area contributed by atoms with E-state index in [4.69, 9.17) is 9.16 Å². The maximum atomic E-state index is 14.3. The third kappa shape index (κ3) is 6.82. The van der Waals surface area contributed by atoms with E-state index in [9.17, 15) is 14.5 Å². The van der Waals surface area contributed by atoms with Gasteiger partial charge in [0.1, 0.15) is 5.82 Å². The predicted octanol–water partition coefficient (Wildman–Crippen LogP) is 6.04. The molecule has 0 N–H and O–H groups in total. The minimum Gasteiger partial charge on any atom is -0.414 e. The van der Waals surface area contributed by atoms with Crippen LogP contribution in [-0.2, 0) is 15.7 Å². The fraction of sp³-hybridized carbons (Fsp3) is 0.462. The molecule has 0 bridgehead atoms. The lowest BCUT2D eigenvalue weighted by Crippen LogP contribution is -2.50. The molecule has 1 heterocycles. The Labute approximate surface area is 202 Å². The molecule has 1 aliphatic heterocycles. The van der Waals surface area contributed by atoms with E-state index in [1.54, 1.807) is 6.08 Å². The third-order valence-electron chi connectivity index (χ3n) is 6.66. The molecule has 0 spiro atoms. The molecule has 8 heteroatoms. The van der Waals surface area contributed by atoms with Crippen LogP contribution in [0.5, 0.6) is 0 Å². The SMILES string of the molecule is CC(C)(C)[Si](C)(C)OC[C@@H]1CN(Cc2ccccc2)C[C@@H](C=Cc2c(F)cccc2[N+](=O)[O-])O1. The van der Waals surface area contributed by atoms with Gasteiger partial charge in [-0.2, -0.15) is 0 Å². The van der Waals surface area contributed by atoms with Gasteiger partial charge in [0.05, 0.1) is 29.3 Å². The molecule has 2 aromatic rings. The zero-order valence-electron chi connectivity index (χ0n) is 20.7. The van der Waals surface area contributed by atoms with Gasteiger partial charge < -0.3 is 9.16 Å². The molecule has 1 aliphatic rings. The topological polar surface area (TPSA) is 64.8 Å². The Hall–Kier alpha value is -2.39. The molecule has 6 nitrogen and oxygen atoms in total. The molecule has 0 saturated carbocycles. The maximum absolute atomic E-state index is 14.3. The van der Waals surface area contributed by atoms with E-state index in [2.05, 4.69) is 50.9 Å². The van der Waals surface area contributed by atoms with Crippen LogP contribution in [0.1, 0.15) is 31.9 Å². The van der Waals surface area contributed by atoms with Crippen molar-refractivity contribution in [3.8, 4) is 0 Å². The second-order valence-corrected chi connectivity index (χ2v) is 15.1. The molecule has 1 fully saturated rings. The standard InChI is InChI=1S/C26H35FN2O4Si/c1-26(2,3)34(4,5)32-19-22-18-28(16-20-10-7-6-8-11-20)17-21(33-22)14-15-23-24(27)12-9-13-25(23)29(30)31/h6-15,21-22H,16-19H2,1-5H3/t21-,22+/m1/s1. The highest BCUT2D eigenvalue weighted by Gasteiger charge is 2.38. The van der Waals surface area contributed by atoms with Crippen LogP contribution in [0.2, 0.25) is 18.1 Å². The van der Waals surface area contributed by atoms with Crippen molar-refractivity contribution in [3.63, 3.8) is 0 Å². The number of nitro groups is 1. The second-order valence-electron chi connectivity index (χ2n) is 10.3. The summed E-state index contributed by atoms with van der Waals surface area (Å²) in [5.74, 6) is -0.625. The van der Waals surface area contributed by atoms with Crippen molar-refractivity contribution in [2.75, 3.05) is 19.7 Å². The molecule has 0 aliphatic carbocycles. The van der Waals surface area contributed by atoms with E-state index < -0.39 is 19.1 Å². The monoisotopic (exact) mass is 486 g/mol. The van der Waals surface area contributed by atoms with Crippen molar-refractivity contribution in [1.29, 1.82) is 0 Å². The van der Waals surface area contributed by atoms with Gasteiger partial charge in [0.15, 0.2) is 8.32 Å². The lowest BCUT2D eigenvalue weighted by Gasteiger charge is -2.41. The van der Waals surface area contributed by atoms with E-state index in [1.165, 1.54) is 29.8 Å². The molecule has 2 aromatic carbocycles. The van der Waals surface area contributed by atoms with E-state index in [0.717, 1.165) is 6.54 Å². The van der Waals surface area contributed by atoms with Crippen LogP contribution in [0.15, 0.2) is 54.6 Å². The Morgan fingerprint density at radius 2 is 1.88 bits per heavy atom. The minimum atomic E-state index is -1.95. The van der Waals surface area contributed by atoms with E-state index in [1.807, 2.05) is 18.2 Å². The summed E-state index contributed by atoms with van der Waals surface area (Å²) < 4.78 is 27.1. The molecular formula is C26H35FN2O4Si. The number of nitro benzene ring substituents is 1. The van der Waals surface area contributed by atoms with Gasteiger partial charge in [-0.15, -0.1) is 0 Å². The highest BCUT2D eigenvalue weighted by atomic mass is 28.4. The Balaban J connectivity index is 1.79. The van der Waals surface area contributed by atoms with Crippen molar-refractivity contribution in [2.24, 2.45) is 0 Å². The highest BCUT2D eigenvalue weighted by Crippen LogP contribution is 2.37. The summed E-state index contributed by atoms with van der Waals surface area (Å²) in [5.41, 5.74) is 0.900. The van der Waals surface area contributed by atoms with Gasteiger partial charge in [0, 0.05) is 25.7 Å². The highest BCUT2D eigenvalue weighted by molar-refractivity contribution is 6.74. The maximum Gasteiger partial charge on any atom is 0.279 e. The number of halogens is 1. The van der Waals surface area contributed by atoms with Crippen LogP contribution in [0, 0.1) is 15.9 Å². The predicted molar refractivity (Wildman–Crippen MR) is 136 cm³/mol. The van der Waals surface area contributed by atoms with Crippen LogP contribution < -0.4 is 0 Å². The van der Waals surface area contributed by atoms with Crippen molar-refractivity contribution in [2.45, 2.75) is 57.7 Å². The number of nitrogens with zero attached hydrogens (tertiary/aromatic N) is 2. The van der Waals surface area contributed by atoms with Crippen molar-refractivity contribution < 1.29 is 18.5 Å². The van der Waals surface area contributed by atoms with Gasteiger partial charge in [0.25, 0.3) is 5.69 Å². The molecule has 1 saturated heterocycles. The molecule has 2 atom stereocenters. The Morgan fingerprint density at radius 3 is 2.53 bits per heavy atom. The summed E-state index contributed by atoms with van der Waals surface area (Å²) in [6.45, 7) is 13.6. The van der Waals surface area contributed by atoms with Crippen molar-refractivity contribution >= 4 is 20.1 Å². The fourth-order valence-electron chi connectivity index (χ4n) is 3.69. The molecular weight excluding hydrogens is 451 g/mol. The Bertz CT molecular complexity index is 1010. The summed E-state index contributed by atoms with van der Waals surface area (Å²) in [5, 5.41) is 11.4. The van der Waals surface area contributed by atoms with Crippen LogP contribution in [-0.4, -0.2) is 50.0 Å². The van der Waals surface area contributed by atoms with E-state index in [-0.39, 0.29) is 28.5 Å². The molecule has 0 aromatic heterocycles. The minimum absolute atomic E-state index is 0.0367. The average Bonchev–Trinajstić information content (AvgIpc) is 2.76. The number of morpholine rings is 1. The lowest BCUT2D eigenvalue weighted by molar-refractivity contribution is -0.385. The van der Waals surface area contributed by atoms with Crippen LogP contribution in [0.25, 0.3) is 6.08 Å². The number of ether oxygens (including phenoxy) is 1. The van der Waals surface area contributed by atoms with Crippen molar-refractivity contribution in [1.82, 2.24) is 4.90 Å². The van der Waals surface area contributed by atoms with E-state index in [0.29, 0.717) is 19.7 Å². The largest absolute Gasteiger partial charge is 0.414 e. The van der Waals surface area contributed by atoms with Gasteiger partial charge in [-0.3, -0.25) is 15.0 Å². The zero-order valence-corrected chi connectivity index (χ0v) is 21.7. The second kappa shape index (κ2) is 10.9. The fourth-order valence-corrected chi connectivity index (χ4v) is 4.73. The molecule has 34 heavy (non-hydrogen) atoms. The summed E-state index contributed by atoms with van der Waals surface area (Å²) in [4.78, 5) is 13.1. The van der Waals surface area contributed by atoms with Gasteiger partial charge >= 0.3 is 0 Å². The third-order valence-corrected chi connectivity index (χ3v) is 11.2. The van der Waals surface area contributed by atoms with Gasteiger partial charge in [-0.25, -0.2) is 4.39 Å². The Kier molecular flexibility index (Phi) is 8.41. The first kappa shape index (κ1) is 26.2. The molecule has 0 radical (unpaired) electrons. The zero-order chi connectivity index (χ0) is 24.9. The summed E-state index contributed by atoms with van der Waals surface area (Å²) >= 11 is 0. The normalized spacial score (nSPS) is 20.1. The molecule has 3 rings (SSSR count). The summed E-state index contributed by atoms with van der Waals surface area (Å²) in [7, 11) is -1.95. The molecule has 0 amide bonds. The van der Waals surface area contributed by atoms with Gasteiger partial charge in [-0.05, 0) is 35.8 Å². The Morgan fingerprint density at radius 1 is 1.18 bits per heavy atom. The number of hydrogen-bond acceptors (Lipinski definition) is 5. The number of hydrogen-bond donors (Lipinski definition) is 0. The van der Waals surface area contributed by atoms with Crippen LogP contribution >= 0.6 is 0 Å². The van der Waals surface area contributed by atoms with E-state index >= 15 is 0 Å². The lowest BCUT2D eigenvalue weighted by atomic mass is 10.1. The van der Waals surface area contributed by atoms with Crippen LogP contribution in [0.3, 0.4) is 0 Å².